The maximum absolute atomic E-state index is 11.2. The number of carbonyl (C=O) groups is 1. The standard InChI is InChI=1S/C13H18N2O5/c1-4-14(9(2)8-20-3)11-7-5-6-10(13(16)17)12(11)15(18)19/h5-7,9H,4,8H2,1-3H3,(H,16,17). The average molecular weight is 282 g/mol. The van der Waals surface area contributed by atoms with Gasteiger partial charge < -0.3 is 14.7 Å². The number of likely N-dealkylation sites (N-methyl/N-ethyl adjacent to an activating group) is 1. The van der Waals surface area contributed by atoms with E-state index in [9.17, 15) is 14.9 Å². The van der Waals surface area contributed by atoms with Crippen LogP contribution in [0.2, 0.25) is 0 Å². The van der Waals surface area contributed by atoms with Gasteiger partial charge in [0, 0.05) is 19.7 Å². The summed E-state index contributed by atoms with van der Waals surface area (Å²) in [5, 5.41) is 20.3. The predicted molar refractivity (Wildman–Crippen MR) is 74.4 cm³/mol. The first kappa shape index (κ1) is 15.9. The number of methoxy groups -OCH3 is 1. The van der Waals surface area contributed by atoms with Gasteiger partial charge in [0.25, 0.3) is 0 Å². The van der Waals surface area contributed by atoms with Crippen molar-refractivity contribution in [3.63, 3.8) is 0 Å². The molecule has 1 rings (SSSR count). The fourth-order valence-corrected chi connectivity index (χ4v) is 2.18. The van der Waals surface area contributed by atoms with Crippen molar-refractivity contribution in [1.29, 1.82) is 0 Å². The van der Waals surface area contributed by atoms with Gasteiger partial charge in [-0.25, -0.2) is 4.79 Å². The van der Waals surface area contributed by atoms with Crippen molar-refractivity contribution in [2.24, 2.45) is 0 Å². The highest BCUT2D eigenvalue weighted by atomic mass is 16.6. The van der Waals surface area contributed by atoms with Crippen LogP contribution in [0.4, 0.5) is 11.4 Å². The summed E-state index contributed by atoms with van der Waals surface area (Å²) >= 11 is 0. The minimum atomic E-state index is -1.31. The van der Waals surface area contributed by atoms with Crippen LogP contribution < -0.4 is 4.90 Å². The van der Waals surface area contributed by atoms with E-state index >= 15 is 0 Å². The van der Waals surface area contributed by atoms with Crippen molar-refractivity contribution in [2.75, 3.05) is 25.2 Å². The third-order valence-corrected chi connectivity index (χ3v) is 3.02. The zero-order valence-corrected chi connectivity index (χ0v) is 11.7. The number of nitrogens with zero attached hydrogens (tertiary/aromatic N) is 2. The summed E-state index contributed by atoms with van der Waals surface area (Å²) in [5.41, 5.74) is -0.401. The van der Waals surface area contributed by atoms with Crippen molar-refractivity contribution in [1.82, 2.24) is 0 Å². The second kappa shape index (κ2) is 6.85. The summed E-state index contributed by atoms with van der Waals surface area (Å²) in [6.45, 7) is 4.62. The number of anilines is 1. The highest BCUT2D eigenvalue weighted by Gasteiger charge is 2.28. The number of carboxylic acids is 1. The summed E-state index contributed by atoms with van der Waals surface area (Å²) in [5.74, 6) is -1.31. The highest BCUT2D eigenvalue weighted by molar-refractivity contribution is 5.95. The molecule has 0 aliphatic heterocycles. The Morgan fingerprint density at radius 3 is 2.65 bits per heavy atom. The molecule has 0 aliphatic carbocycles. The first-order chi connectivity index (χ1) is 9.43. The van der Waals surface area contributed by atoms with Gasteiger partial charge in [-0.05, 0) is 26.0 Å². The van der Waals surface area contributed by atoms with Crippen LogP contribution in [0.1, 0.15) is 24.2 Å². The lowest BCUT2D eigenvalue weighted by Gasteiger charge is -2.29. The summed E-state index contributed by atoms with van der Waals surface area (Å²) in [6, 6.07) is 4.19. The van der Waals surface area contributed by atoms with Crippen molar-refractivity contribution >= 4 is 17.3 Å². The molecular weight excluding hydrogens is 264 g/mol. The molecule has 0 saturated carbocycles. The molecule has 0 saturated heterocycles. The van der Waals surface area contributed by atoms with E-state index < -0.39 is 10.9 Å². The van der Waals surface area contributed by atoms with E-state index in [1.54, 1.807) is 18.1 Å². The molecule has 0 radical (unpaired) electrons. The van der Waals surface area contributed by atoms with Crippen LogP contribution in [-0.2, 0) is 4.74 Å². The number of benzene rings is 1. The number of aromatic carboxylic acids is 1. The van der Waals surface area contributed by atoms with Crippen LogP contribution >= 0.6 is 0 Å². The number of hydrogen-bond donors (Lipinski definition) is 1. The topological polar surface area (TPSA) is 92.9 Å². The summed E-state index contributed by atoms with van der Waals surface area (Å²) in [6.07, 6.45) is 0. The monoisotopic (exact) mass is 282 g/mol. The SMILES string of the molecule is CCN(c1cccc(C(=O)O)c1[N+](=O)[O-])C(C)COC. The minimum Gasteiger partial charge on any atom is -0.477 e. The maximum atomic E-state index is 11.2. The van der Waals surface area contributed by atoms with Gasteiger partial charge in [0.2, 0.25) is 0 Å². The molecule has 0 aromatic heterocycles. The van der Waals surface area contributed by atoms with Gasteiger partial charge in [-0.3, -0.25) is 10.1 Å². The molecule has 1 atom stereocenters. The van der Waals surface area contributed by atoms with Crippen LogP contribution in [-0.4, -0.2) is 42.3 Å². The fraction of sp³-hybridized carbons (Fsp3) is 0.462. The zero-order chi connectivity index (χ0) is 15.3. The highest BCUT2D eigenvalue weighted by Crippen LogP contribution is 2.33. The molecule has 1 aromatic rings. The van der Waals surface area contributed by atoms with E-state index in [-0.39, 0.29) is 17.3 Å². The first-order valence-electron chi connectivity index (χ1n) is 6.20. The van der Waals surface area contributed by atoms with E-state index in [1.807, 2.05) is 13.8 Å². The van der Waals surface area contributed by atoms with Crippen molar-refractivity contribution in [3.8, 4) is 0 Å². The van der Waals surface area contributed by atoms with Crippen LogP contribution in [0, 0.1) is 10.1 Å². The Hall–Kier alpha value is -2.15. The summed E-state index contributed by atoms with van der Waals surface area (Å²) in [7, 11) is 1.55. The van der Waals surface area contributed by atoms with Gasteiger partial charge >= 0.3 is 11.7 Å². The summed E-state index contributed by atoms with van der Waals surface area (Å²) in [4.78, 5) is 23.5. The molecular formula is C13H18N2O5. The molecule has 0 bridgehead atoms. The lowest BCUT2D eigenvalue weighted by molar-refractivity contribution is -0.384. The molecule has 1 aromatic carbocycles. The Labute approximate surface area is 116 Å². The molecule has 7 heteroatoms. The number of para-hydroxylation sites is 1. The minimum absolute atomic E-state index is 0.104. The largest absolute Gasteiger partial charge is 0.477 e. The number of ether oxygens (including phenoxy) is 1. The lowest BCUT2D eigenvalue weighted by Crippen LogP contribution is -2.36. The third kappa shape index (κ3) is 3.24. The second-order valence-electron chi connectivity index (χ2n) is 4.33. The van der Waals surface area contributed by atoms with E-state index in [2.05, 4.69) is 0 Å². The van der Waals surface area contributed by atoms with Gasteiger partial charge in [-0.15, -0.1) is 0 Å². The Morgan fingerprint density at radius 1 is 1.55 bits per heavy atom. The molecule has 0 heterocycles. The Kier molecular flexibility index (Phi) is 5.45. The number of nitro benzene ring substituents is 1. The number of nitro groups is 1. The molecule has 110 valence electrons. The molecule has 20 heavy (non-hydrogen) atoms. The van der Waals surface area contributed by atoms with Crippen LogP contribution in [0.15, 0.2) is 18.2 Å². The molecule has 1 unspecified atom stereocenters. The van der Waals surface area contributed by atoms with Gasteiger partial charge in [-0.2, -0.15) is 0 Å². The van der Waals surface area contributed by atoms with E-state index in [0.717, 1.165) is 0 Å². The van der Waals surface area contributed by atoms with Crippen LogP contribution in [0.25, 0.3) is 0 Å². The van der Waals surface area contributed by atoms with E-state index in [4.69, 9.17) is 9.84 Å². The average Bonchev–Trinajstić information content (AvgIpc) is 2.39. The molecule has 0 spiro atoms. The molecule has 0 amide bonds. The van der Waals surface area contributed by atoms with E-state index in [1.165, 1.54) is 12.1 Å². The molecule has 0 fully saturated rings. The Balaban J connectivity index is 3.38. The van der Waals surface area contributed by atoms with Gasteiger partial charge in [-0.1, -0.05) is 6.07 Å². The molecule has 1 N–H and O–H groups in total. The zero-order valence-electron chi connectivity index (χ0n) is 11.7. The predicted octanol–water partition coefficient (Wildman–Crippen LogP) is 2.15. The number of carboxylic acid groups (broad SMARTS) is 1. The van der Waals surface area contributed by atoms with Crippen molar-refractivity contribution in [2.45, 2.75) is 19.9 Å². The molecule has 7 nitrogen and oxygen atoms in total. The molecule has 0 aliphatic rings. The normalized spacial score (nSPS) is 11.9. The Morgan fingerprint density at radius 2 is 2.20 bits per heavy atom. The van der Waals surface area contributed by atoms with Crippen molar-refractivity contribution in [3.05, 3.63) is 33.9 Å². The quantitative estimate of drug-likeness (QED) is 0.608. The van der Waals surface area contributed by atoms with Crippen LogP contribution in [0.3, 0.4) is 0 Å². The summed E-state index contributed by atoms with van der Waals surface area (Å²) < 4.78 is 5.06. The smallest absolute Gasteiger partial charge is 0.342 e. The van der Waals surface area contributed by atoms with Gasteiger partial charge in [0.05, 0.1) is 11.5 Å². The number of rotatable bonds is 7. The second-order valence-corrected chi connectivity index (χ2v) is 4.33. The maximum Gasteiger partial charge on any atom is 0.342 e. The van der Waals surface area contributed by atoms with Gasteiger partial charge in [0.15, 0.2) is 0 Å². The van der Waals surface area contributed by atoms with E-state index in [0.29, 0.717) is 18.8 Å². The first-order valence-corrected chi connectivity index (χ1v) is 6.20. The number of hydrogen-bond acceptors (Lipinski definition) is 5. The Bertz CT molecular complexity index is 504. The fourth-order valence-electron chi connectivity index (χ4n) is 2.18. The van der Waals surface area contributed by atoms with Gasteiger partial charge in [0.1, 0.15) is 11.3 Å². The van der Waals surface area contributed by atoms with Crippen molar-refractivity contribution < 1.29 is 19.6 Å². The third-order valence-electron chi connectivity index (χ3n) is 3.02. The lowest BCUT2D eigenvalue weighted by atomic mass is 10.1. The van der Waals surface area contributed by atoms with Crippen LogP contribution in [0.5, 0.6) is 0 Å².